The van der Waals surface area contributed by atoms with E-state index in [9.17, 15) is 14.7 Å². The fraction of sp³-hybridized carbons (Fsp3) is 0.417. The van der Waals surface area contributed by atoms with Crippen molar-refractivity contribution in [2.75, 3.05) is 27.3 Å². The van der Waals surface area contributed by atoms with Gasteiger partial charge < -0.3 is 24.2 Å². The van der Waals surface area contributed by atoms with Gasteiger partial charge in [-0.1, -0.05) is 26.8 Å². The number of carbonyl (C=O) groups excluding carboxylic acids is 1. The summed E-state index contributed by atoms with van der Waals surface area (Å²) in [5, 5.41) is 9.57. The molecule has 31 heavy (non-hydrogen) atoms. The van der Waals surface area contributed by atoms with E-state index in [2.05, 4.69) is 20.8 Å². The lowest BCUT2D eigenvalue weighted by atomic mass is 9.75. The van der Waals surface area contributed by atoms with E-state index in [4.69, 9.17) is 14.2 Å². The number of methoxy groups -OCH3 is 2. The van der Waals surface area contributed by atoms with Gasteiger partial charge in [0.05, 0.1) is 19.8 Å². The van der Waals surface area contributed by atoms with Crippen molar-refractivity contribution in [1.29, 1.82) is 0 Å². The van der Waals surface area contributed by atoms with Gasteiger partial charge in [-0.3, -0.25) is 0 Å². The zero-order chi connectivity index (χ0) is 22.8. The van der Waals surface area contributed by atoms with E-state index in [1.165, 1.54) is 19.1 Å². The molecule has 166 valence electrons. The lowest BCUT2D eigenvalue weighted by Gasteiger charge is -2.33. The average molecular weight is 427 g/mol. The van der Waals surface area contributed by atoms with Crippen LogP contribution in [0, 0.1) is 5.41 Å². The lowest BCUT2D eigenvalue weighted by molar-refractivity contribution is 0.0600. The smallest absolute Gasteiger partial charge is 0.407 e. The van der Waals surface area contributed by atoms with Gasteiger partial charge in [0.2, 0.25) is 0 Å². The molecule has 1 unspecified atom stereocenters. The SMILES string of the molecule is COC(=O)c1ccc(OC)c(Oc2ccc3c(c2)CCN(C(=O)O)CC3C(C)(C)C)c1. The minimum absolute atomic E-state index is 0.0624. The summed E-state index contributed by atoms with van der Waals surface area (Å²) >= 11 is 0. The van der Waals surface area contributed by atoms with Crippen molar-refractivity contribution in [2.24, 2.45) is 5.41 Å². The summed E-state index contributed by atoms with van der Waals surface area (Å²) in [5.41, 5.74) is 2.45. The molecule has 3 rings (SSSR count). The van der Waals surface area contributed by atoms with Crippen molar-refractivity contribution in [1.82, 2.24) is 4.90 Å². The molecule has 0 bridgehead atoms. The number of nitrogens with zero attached hydrogens (tertiary/aromatic N) is 1. The summed E-state index contributed by atoms with van der Waals surface area (Å²) in [6.45, 7) is 7.27. The highest BCUT2D eigenvalue weighted by Crippen LogP contribution is 2.41. The van der Waals surface area contributed by atoms with Crippen LogP contribution in [0.4, 0.5) is 4.79 Å². The molecule has 1 amide bonds. The van der Waals surface area contributed by atoms with Crippen molar-refractivity contribution in [2.45, 2.75) is 33.1 Å². The number of rotatable bonds is 4. The van der Waals surface area contributed by atoms with Crippen LogP contribution in [0.5, 0.6) is 17.2 Å². The quantitative estimate of drug-likeness (QED) is 0.696. The monoisotopic (exact) mass is 427 g/mol. The Morgan fingerprint density at radius 1 is 1.06 bits per heavy atom. The van der Waals surface area contributed by atoms with Crippen molar-refractivity contribution in [3.8, 4) is 17.2 Å². The fourth-order valence-corrected chi connectivity index (χ4v) is 3.91. The Kier molecular flexibility index (Phi) is 6.43. The molecule has 1 aliphatic rings. The van der Waals surface area contributed by atoms with Gasteiger partial charge in [-0.25, -0.2) is 9.59 Å². The highest BCUT2D eigenvalue weighted by atomic mass is 16.5. The van der Waals surface area contributed by atoms with Crippen LogP contribution in [0.1, 0.15) is 48.2 Å². The summed E-state index contributed by atoms with van der Waals surface area (Å²) in [6, 6.07) is 10.7. The molecule has 7 nitrogen and oxygen atoms in total. The first-order valence-corrected chi connectivity index (χ1v) is 10.2. The summed E-state index contributed by atoms with van der Waals surface area (Å²) in [6.07, 6.45) is -0.298. The van der Waals surface area contributed by atoms with Crippen LogP contribution in [0.3, 0.4) is 0 Å². The van der Waals surface area contributed by atoms with Crippen LogP contribution < -0.4 is 9.47 Å². The van der Waals surface area contributed by atoms with Gasteiger partial charge in [0, 0.05) is 19.0 Å². The molecule has 0 saturated carbocycles. The summed E-state index contributed by atoms with van der Waals surface area (Å²) in [5.74, 6) is 1.09. The molecule has 1 aliphatic heterocycles. The zero-order valence-corrected chi connectivity index (χ0v) is 18.6. The maximum absolute atomic E-state index is 11.9. The van der Waals surface area contributed by atoms with E-state index < -0.39 is 12.1 Å². The number of ether oxygens (including phenoxy) is 3. The van der Waals surface area contributed by atoms with E-state index in [0.29, 0.717) is 42.3 Å². The van der Waals surface area contributed by atoms with Crippen LogP contribution in [0.2, 0.25) is 0 Å². The molecule has 0 aromatic heterocycles. The number of hydrogen-bond acceptors (Lipinski definition) is 5. The Bertz CT molecular complexity index is 979. The van der Waals surface area contributed by atoms with Crippen molar-refractivity contribution in [3.63, 3.8) is 0 Å². The Hall–Kier alpha value is -3.22. The van der Waals surface area contributed by atoms with E-state index in [0.717, 1.165) is 11.1 Å². The van der Waals surface area contributed by atoms with Crippen LogP contribution in [-0.2, 0) is 11.2 Å². The third kappa shape index (κ3) is 4.93. The number of esters is 1. The second kappa shape index (κ2) is 8.88. The maximum Gasteiger partial charge on any atom is 0.407 e. The van der Waals surface area contributed by atoms with Crippen molar-refractivity contribution < 1.29 is 28.9 Å². The third-order valence-electron chi connectivity index (χ3n) is 5.67. The second-order valence-corrected chi connectivity index (χ2v) is 8.72. The highest BCUT2D eigenvalue weighted by Gasteiger charge is 2.33. The van der Waals surface area contributed by atoms with Crippen molar-refractivity contribution >= 4 is 12.1 Å². The molecule has 1 heterocycles. The average Bonchev–Trinajstić information content (AvgIpc) is 2.92. The van der Waals surface area contributed by atoms with E-state index in [1.54, 1.807) is 18.2 Å². The molecule has 1 atom stereocenters. The van der Waals surface area contributed by atoms with Gasteiger partial charge in [-0.15, -0.1) is 0 Å². The number of benzene rings is 2. The molecular weight excluding hydrogens is 398 g/mol. The van der Waals surface area contributed by atoms with Gasteiger partial charge in [-0.05, 0) is 53.3 Å². The number of carbonyl (C=O) groups is 2. The van der Waals surface area contributed by atoms with E-state index in [1.807, 2.05) is 18.2 Å². The fourth-order valence-electron chi connectivity index (χ4n) is 3.91. The van der Waals surface area contributed by atoms with Crippen LogP contribution in [0.25, 0.3) is 0 Å². The van der Waals surface area contributed by atoms with Gasteiger partial charge in [0.15, 0.2) is 11.5 Å². The summed E-state index contributed by atoms with van der Waals surface area (Å²) in [4.78, 5) is 25.0. The molecule has 7 heteroatoms. The molecule has 0 radical (unpaired) electrons. The first-order valence-electron chi connectivity index (χ1n) is 10.2. The van der Waals surface area contributed by atoms with Crippen LogP contribution in [0.15, 0.2) is 36.4 Å². The number of fused-ring (bicyclic) bond motifs is 1. The van der Waals surface area contributed by atoms with E-state index >= 15 is 0 Å². The lowest BCUT2D eigenvalue weighted by Crippen LogP contribution is -2.36. The van der Waals surface area contributed by atoms with Gasteiger partial charge in [-0.2, -0.15) is 0 Å². The first kappa shape index (κ1) is 22.5. The molecule has 0 spiro atoms. The standard InChI is InChI=1S/C24H29NO6/c1-24(2,3)19-14-25(23(27)28)11-10-15-12-17(7-8-18(15)19)31-21-13-16(22(26)30-5)6-9-20(21)29-4/h6-9,12-13,19H,10-11,14H2,1-5H3,(H,27,28). The molecule has 2 aromatic rings. The molecule has 0 fully saturated rings. The Morgan fingerprint density at radius 2 is 1.81 bits per heavy atom. The molecular formula is C24H29NO6. The number of carboxylic acid groups (broad SMARTS) is 1. The minimum Gasteiger partial charge on any atom is -0.493 e. The molecule has 1 N–H and O–H groups in total. The third-order valence-corrected chi connectivity index (χ3v) is 5.67. The number of hydrogen-bond donors (Lipinski definition) is 1. The number of amides is 1. The minimum atomic E-state index is -0.900. The largest absolute Gasteiger partial charge is 0.493 e. The Labute approximate surface area is 182 Å². The molecule has 0 saturated heterocycles. The predicted molar refractivity (Wildman–Crippen MR) is 116 cm³/mol. The van der Waals surface area contributed by atoms with Gasteiger partial charge in [0.1, 0.15) is 5.75 Å². The Morgan fingerprint density at radius 3 is 2.42 bits per heavy atom. The van der Waals surface area contributed by atoms with E-state index in [-0.39, 0.29) is 11.3 Å². The maximum atomic E-state index is 11.9. The second-order valence-electron chi connectivity index (χ2n) is 8.72. The molecule has 0 aliphatic carbocycles. The van der Waals surface area contributed by atoms with Crippen LogP contribution >= 0.6 is 0 Å². The highest BCUT2D eigenvalue weighted by molar-refractivity contribution is 5.90. The summed E-state index contributed by atoms with van der Waals surface area (Å²) < 4.78 is 16.2. The van der Waals surface area contributed by atoms with Crippen molar-refractivity contribution in [3.05, 3.63) is 53.1 Å². The molecule has 2 aromatic carbocycles. The Balaban J connectivity index is 1.97. The van der Waals surface area contributed by atoms with Crippen LogP contribution in [-0.4, -0.2) is 49.4 Å². The summed E-state index contributed by atoms with van der Waals surface area (Å²) in [7, 11) is 2.86. The first-order chi connectivity index (χ1) is 14.6. The topological polar surface area (TPSA) is 85.3 Å². The van der Waals surface area contributed by atoms with Gasteiger partial charge >= 0.3 is 12.1 Å². The zero-order valence-electron chi connectivity index (χ0n) is 18.6. The van der Waals surface area contributed by atoms with Gasteiger partial charge in [0.25, 0.3) is 0 Å². The predicted octanol–water partition coefficient (Wildman–Crippen LogP) is 4.94. The normalized spacial score (nSPS) is 16.2.